The molecule has 112 valence electrons. The highest BCUT2D eigenvalue weighted by molar-refractivity contribution is 14.1. The fourth-order valence-electron chi connectivity index (χ4n) is 3.16. The number of aromatic amines is 1. The molecule has 0 spiro atoms. The van der Waals surface area contributed by atoms with Crippen molar-refractivity contribution >= 4 is 39.4 Å². The summed E-state index contributed by atoms with van der Waals surface area (Å²) in [6, 6.07) is 5.91. The molecule has 3 rings (SSSR count). The second-order valence-electron chi connectivity index (χ2n) is 5.93. The molecular weight excluding hydrogens is 377 g/mol. The second-order valence-corrected chi connectivity index (χ2v) is 7.01. The van der Waals surface area contributed by atoms with Crippen LogP contribution in [0.1, 0.15) is 49.4 Å². The molecule has 0 bridgehead atoms. The van der Waals surface area contributed by atoms with Gasteiger partial charge >= 0.3 is 0 Å². The van der Waals surface area contributed by atoms with Gasteiger partial charge in [0.25, 0.3) is 5.91 Å². The molecule has 0 saturated heterocycles. The van der Waals surface area contributed by atoms with E-state index in [0.717, 1.165) is 14.6 Å². The summed E-state index contributed by atoms with van der Waals surface area (Å²) in [5.41, 5.74) is 1.61. The molecule has 21 heavy (non-hydrogen) atoms. The Labute approximate surface area is 138 Å². The predicted molar refractivity (Wildman–Crippen MR) is 92.3 cm³/mol. The molecule has 1 aromatic heterocycles. The van der Waals surface area contributed by atoms with Crippen molar-refractivity contribution < 1.29 is 4.79 Å². The first kappa shape index (κ1) is 14.8. The highest BCUT2D eigenvalue weighted by Gasteiger charge is 2.22. The lowest BCUT2D eigenvalue weighted by molar-refractivity contribution is 0.0919. The van der Waals surface area contributed by atoms with E-state index >= 15 is 0 Å². The minimum Gasteiger partial charge on any atom is -0.349 e. The van der Waals surface area contributed by atoms with Crippen LogP contribution in [0, 0.1) is 9.62 Å². The molecule has 0 radical (unpaired) electrons. The summed E-state index contributed by atoms with van der Waals surface area (Å²) in [6.45, 7) is 2.13. The molecule has 1 aliphatic rings. The van der Waals surface area contributed by atoms with Crippen molar-refractivity contribution in [2.75, 3.05) is 0 Å². The Bertz CT molecular complexity index is 646. The molecule has 0 unspecified atom stereocenters. The number of aromatic nitrogens is 2. The van der Waals surface area contributed by atoms with Crippen LogP contribution in [-0.4, -0.2) is 22.1 Å². The molecule has 1 atom stereocenters. The number of nitrogens with one attached hydrogen (secondary N) is 2. The minimum absolute atomic E-state index is 0.0203. The van der Waals surface area contributed by atoms with Crippen molar-refractivity contribution in [3.63, 3.8) is 0 Å². The third kappa shape index (κ3) is 3.22. The summed E-state index contributed by atoms with van der Waals surface area (Å²) in [7, 11) is 0. The predicted octanol–water partition coefficient (Wildman–Crippen LogP) is 3.87. The topological polar surface area (TPSA) is 57.8 Å². The minimum atomic E-state index is 0.0203. The van der Waals surface area contributed by atoms with E-state index in [4.69, 9.17) is 0 Å². The molecule has 2 N–H and O–H groups in total. The van der Waals surface area contributed by atoms with E-state index in [2.05, 4.69) is 45.0 Å². The Kier molecular flexibility index (Phi) is 4.47. The molecular formula is C16H20IN3O. The van der Waals surface area contributed by atoms with Crippen molar-refractivity contribution in [1.82, 2.24) is 15.5 Å². The van der Waals surface area contributed by atoms with Crippen LogP contribution >= 0.6 is 22.6 Å². The Balaban J connectivity index is 1.72. The highest BCUT2D eigenvalue weighted by Crippen LogP contribution is 2.26. The zero-order valence-corrected chi connectivity index (χ0v) is 14.3. The van der Waals surface area contributed by atoms with E-state index in [1.807, 2.05) is 18.2 Å². The van der Waals surface area contributed by atoms with Crippen LogP contribution in [0.3, 0.4) is 0 Å². The number of fused-ring (bicyclic) bond motifs is 1. The van der Waals surface area contributed by atoms with Crippen LogP contribution in [-0.2, 0) is 0 Å². The Morgan fingerprint density at radius 1 is 1.38 bits per heavy atom. The first-order chi connectivity index (χ1) is 10.1. The van der Waals surface area contributed by atoms with Gasteiger partial charge in [-0.25, -0.2) is 0 Å². The number of benzene rings is 1. The number of carbonyl (C=O) groups excluding carboxylic acids is 1. The zero-order valence-electron chi connectivity index (χ0n) is 12.2. The lowest BCUT2D eigenvalue weighted by atomic mass is 9.84. The first-order valence-corrected chi connectivity index (χ1v) is 8.67. The monoisotopic (exact) mass is 397 g/mol. The maximum Gasteiger partial charge on any atom is 0.251 e. The summed E-state index contributed by atoms with van der Waals surface area (Å²) >= 11 is 2.20. The largest absolute Gasteiger partial charge is 0.349 e. The highest BCUT2D eigenvalue weighted by atomic mass is 127. The van der Waals surface area contributed by atoms with E-state index in [-0.39, 0.29) is 11.9 Å². The molecule has 1 saturated carbocycles. The molecule has 1 amide bonds. The van der Waals surface area contributed by atoms with Gasteiger partial charge in [-0.05, 0) is 66.5 Å². The quantitative estimate of drug-likeness (QED) is 0.773. The van der Waals surface area contributed by atoms with Crippen LogP contribution in [0.4, 0.5) is 0 Å². The second kappa shape index (κ2) is 6.34. The maximum atomic E-state index is 12.4. The van der Waals surface area contributed by atoms with E-state index in [0.29, 0.717) is 11.5 Å². The lowest BCUT2D eigenvalue weighted by Crippen LogP contribution is -2.38. The van der Waals surface area contributed by atoms with E-state index < -0.39 is 0 Å². The van der Waals surface area contributed by atoms with Crippen LogP contribution in [0.25, 0.3) is 10.9 Å². The third-order valence-electron chi connectivity index (χ3n) is 4.49. The van der Waals surface area contributed by atoms with Gasteiger partial charge in [-0.3, -0.25) is 9.89 Å². The molecule has 1 heterocycles. The molecule has 1 aromatic carbocycles. The molecule has 5 heteroatoms. The van der Waals surface area contributed by atoms with Gasteiger partial charge in [-0.15, -0.1) is 0 Å². The summed E-state index contributed by atoms with van der Waals surface area (Å²) in [4.78, 5) is 12.4. The van der Waals surface area contributed by atoms with Gasteiger partial charge in [-0.2, -0.15) is 5.10 Å². The summed E-state index contributed by atoms with van der Waals surface area (Å²) in [5.74, 6) is 0.646. The fraction of sp³-hybridized carbons (Fsp3) is 0.500. The van der Waals surface area contributed by atoms with Gasteiger partial charge in [0.2, 0.25) is 0 Å². The van der Waals surface area contributed by atoms with Gasteiger partial charge in [-0.1, -0.05) is 19.3 Å². The number of H-pyrrole nitrogens is 1. The first-order valence-electron chi connectivity index (χ1n) is 7.59. The van der Waals surface area contributed by atoms with E-state index in [1.54, 1.807) is 0 Å². The number of carbonyl (C=O) groups is 1. The van der Waals surface area contributed by atoms with Gasteiger partial charge in [0.15, 0.2) is 0 Å². The standard InChI is InChI=1S/C16H20IN3O/c1-10(11-5-3-2-4-6-11)18-16(21)12-7-8-14-13(9-12)15(17)20-19-14/h7-11H,2-6H2,1H3,(H,18,21)(H,19,20)/t10-/m0/s1. The lowest BCUT2D eigenvalue weighted by Gasteiger charge is -2.28. The summed E-state index contributed by atoms with van der Waals surface area (Å²) < 4.78 is 0.970. The smallest absolute Gasteiger partial charge is 0.251 e. The number of hydrogen-bond acceptors (Lipinski definition) is 2. The SMILES string of the molecule is C[C@H](NC(=O)c1ccc2n[nH]c(I)c2c1)C1CCCCC1. The number of hydrogen-bond donors (Lipinski definition) is 2. The number of halogens is 1. The molecule has 1 aliphatic carbocycles. The van der Waals surface area contributed by atoms with Crippen LogP contribution in [0.2, 0.25) is 0 Å². The van der Waals surface area contributed by atoms with Crippen LogP contribution in [0.15, 0.2) is 18.2 Å². The van der Waals surface area contributed by atoms with Crippen molar-refractivity contribution in [3.8, 4) is 0 Å². The molecule has 0 aliphatic heterocycles. The average Bonchev–Trinajstić information content (AvgIpc) is 2.89. The number of amides is 1. The van der Waals surface area contributed by atoms with Crippen molar-refractivity contribution in [1.29, 1.82) is 0 Å². The zero-order chi connectivity index (χ0) is 14.8. The van der Waals surface area contributed by atoms with Gasteiger partial charge in [0, 0.05) is 17.0 Å². The van der Waals surface area contributed by atoms with Gasteiger partial charge in [0.1, 0.15) is 3.70 Å². The fourth-order valence-corrected chi connectivity index (χ4v) is 3.71. The Morgan fingerprint density at radius 2 is 2.14 bits per heavy atom. The average molecular weight is 397 g/mol. The van der Waals surface area contributed by atoms with Crippen molar-refractivity contribution in [2.45, 2.75) is 45.1 Å². The summed E-state index contributed by atoms with van der Waals surface area (Å²) in [6.07, 6.45) is 6.40. The van der Waals surface area contributed by atoms with E-state index in [9.17, 15) is 4.79 Å². The molecule has 4 nitrogen and oxygen atoms in total. The Hall–Kier alpha value is -1.11. The van der Waals surface area contributed by atoms with Crippen LogP contribution < -0.4 is 5.32 Å². The van der Waals surface area contributed by atoms with Crippen LogP contribution in [0.5, 0.6) is 0 Å². The molecule has 1 fully saturated rings. The van der Waals surface area contributed by atoms with E-state index in [1.165, 1.54) is 32.1 Å². The van der Waals surface area contributed by atoms with Gasteiger partial charge < -0.3 is 5.32 Å². The maximum absolute atomic E-state index is 12.4. The van der Waals surface area contributed by atoms with Crippen molar-refractivity contribution in [2.24, 2.45) is 5.92 Å². The number of nitrogens with zero attached hydrogens (tertiary/aromatic N) is 1. The molecule has 2 aromatic rings. The van der Waals surface area contributed by atoms with Crippen molar-refractivity contribution in [3.05, 3.63) is 27.5 Å². The normalized spacial score (nSPS) is 17.8. The number of rotatable bonds is 3. The Morgan fingerprint density at radius 3 is 2.90 bits per heavy atom. The van der Waals surface area contributed by atoms with Gasteiger partial charge in [0.05, 0.1) is 5.52 Å². The summed E-state index contributed by atoms with van der Waals surface area (Å²) in [5, 5.41) is 11.3. The third-order valence-corrected chi connectivity index (χ3v) is 5.31.